The number of thiazole rings is 1. The van der Waals surface area contributed by atoms with Crippen molar-refractivity contribution in [3.63, 3.8) is 0 Å². The molecule has 1 aliphatic heterocycles. The predicted molar refractivity (Wildman–Crippen MR) is 163 cm³/mol. The third-order valence-electron chi connectivity index (χ3n) is 8.04. The third kappa shape index (κ3) is 7.35. The van der Waals surface area contributed by atoms with Crippen molar-refractivity contribution in [1.29, 1.82) is 5.26 Å². The number of nitrogens with zero attached hydrogens (tertiary/aromatic N) is 3. The molecule has 2 saturated carbocycles. The summed E-state index contributed by atoms with van der Waals surface area (Å²) in [6, 6.07) is 17.0. The van der Waals surface area contributed by atoms with Crippen molar-refractivity contribution in [3.05, 3.63) is 66.1 Å². The number of amides is 2. The van der Waals surface area contributed by atoms with Crippen LogP contribution in [0.4, 0.5) is 9.18 Å². The molecule has 1 N–H and O–H groups in total. The summed E-state index contributed by atoms with van der Waals surface area (Å²) < 4.78 is 18.3. The van der Waals surface area contributed by atoms with Crippen LogP contribution < -0.4 is 5.32 Å². The minimum atomic E-state index is -0.478. The van der Waals surface area contributed by atoms with E-state index in [4.69, 9.17) is 10.00 Å². The van der Waals surface area contributed by atoms with E-state index < -0.39 is 5.54 Å². The van der Waals surface area contributed by atoms with Crippen molar-refractivity contribution in [2.75, 3.05) is 13.1 Å². The van der Waals surface area contributed by atoms with Crippen LogP contribution in [0, 0.1) is 23.1 Å². The van der Waals surface area contributed by atoms with Crippen molar-refractivity contribution in [2.45, 2.75) is 76.4 Å². The minimum absolute atomic E-state index is 0. The summed E-state index contributed by atoms with van der Waals surface area (Å²) in [6.07, 6.45) is 8.80. The van der Waals surface area contributed by atoms with E-state index in [0.29, 0.717) is 19.0 Å². The second-order valence-corrected chi connectivity index (χ2v) is 12.7. The highest BCUT2D eigenvalue weighted by Gasteiger charge is 2.45. The molecule has 6 rings (SSSR count). The molecule has 0 spiro atoms. The quantitative estimate of drug-likeness (QED) is 0.320. The molecule has 9 heteroatoms. The van der Waals surface area contributed by atoms with Gasteiger partial charge in [0.05, 0.1) is 17.1 Å². The highest BCUT2D eigenvalue weighted by atomic mass is 32.1. The lowest BCUT2D eigenvalue weighted by atomic mass is 9.88. The van der Waals surface area contributed by atoms with E-state index in [2.05, 4.69) is 40.6 Å². The van der Waals surface area contributed by atoms with Gasteiger partial charge in [-0.1, -0.05) is 43.5 Å². The summed E-state index contributed by atoms with van der Waals surface area (Å²) in [6.45, 7) is 5.10. The Hall–Kier alpha value is -3.77. The predicted octanol–water partition coefficient (Wildman–Crippen LogP) is 7.55. The van der Waals surface area contributed by atoms with Crippen LogP contribution in [0.25, 0.3) is 21.0 Å². The summed E-state index contributed by atoms with van der Waals surface area (Å²) in [5.74, 6) is 0.395. The SMILES string of the molecule is CC(C)OC(=O)N1CC(c2ccc(-c3cnc(-c4ccc(F)cc4)s3)cc2)C1.N#CC1(NC(=O)C2CCCCC2)CC1.[HH]. The third-order valence-corrected chi connectivity index (χ3v) is 9.14. The smallest absolute Gasteiger partial charge is 0.410 e. The molecule has 0 bridgehead atoms. The van der Waals surface area contributed by atoms with Gasteiger partial charge in [0.2, 0.25) is 5.91 Å². The molecule has 3 aliphatic rings. The number of hydrogen-bond acceptors (Lipinski definition) is 6. The molecule has 7 nitrogen and oxygen atoms in total. The molecule has 3 fully saturated rings. The summed E-state index contributed by atoms with van der Waals surface area (Å²) in [5.41, 5.74) is 2.76. The zero-order valence-corrected chi connectivity index (χ0v) is 25.0. The van der Waals surface area contributed by atoms with Crippen LogP contribution in [0.5, 0.6) is 0 Å². The number of nitriles is 1. The second-order valence-electron chi connectivity index (χ2n) is 11.7. The van der Waals surface area contributed by atoms with Gasteiger partial charge in [-0.25, -0.2) is 14.2 Å². The Balaban J connectivity index is 0.000000238. The van der Waals surface area contributed by atoms with Gasteiger partial charge >= 0.3 is 6.09 Å². The average Bonchev–Trinajstić information content (AvgIpc) is 3.56. The standard InChI is InChI=1S/C22H21FN2O2S.C11H16N2O.H2/c1-14(2)27-22(26)25-12-18(13-25)15-3-5-16(6-4-15)20-11-24-21(28-20)17-7-9-19(23)10-8-17;12-8-11(6-7-11)13-10(14)9-4-2-1-3-5-9;/h3-11,14,18H,12-13H2,1-2H3;9H,1-7H2,(H,13,14);1H. The highest BCUT2D eigenvalue weighted by molar-refractivity contribution is 7.18. The Morgan fingerprint density at radius 2 is 1.71 bits per heavy atom. The van der Waals surface area contributed by atoms with E-state index in [9.17, 15) is 14.0 Å². The van der Waals surface area contributed by atoms with Gasteiger partial charge in [-0.15, -0.1) is 11.3 Å². The first kappa shape index (κ1) is 29.7. The van der Waals surface area contributed by atoms with Crippen molar-refractivity contribution in [3.8, 4) is 27.1 Å². The largest absolute Gasteiger partial charge is 0.447 e. The van der Waals surface area contributed by atoms with E-state index in [1.807, 2.05) is 20.0 Å². The molecular formula is C33H39FN4O3S. The Bertz CT molecular complexity index is 1420. The monoisotopic (exact) mass is 590 g/mol. The van der Waals surface area contributed by atoms with Crippen LogP contribution in [0.3, 0.4) is 0 Å². The Morgan fingerprint density at radius 1 is 1.07 bits per heavy atom. The van der Waals surface area contributed by atoms with E-state index in [0.717, 1.165) is 59.5 Å². The maximum atomic E-state index is 13.1. The molecule has 42 heavy (non-hydrogen) atoms. The van der Waals surface area contributed by atoms with Crippen molar-refractivity contribution in [2.24, 2.45) is 5.92 Å². The van der Waals surface area contributed by atoms with Crippen LogP contribution in [-0.4, -0.2) is 46.6 Å². The lowest BCUT2D eigenvalue weighted by Crippen LogP contribution is -2.49. The molecule has 222 valence electrons. The number of hydrogen-bond donors (Lipinski definition) is 1. The van der Waals surface area contributed by atoms with E-state index >= 15 is 0 Å². The highest BCUT2D eigenvalue weighted by Crippen LogP contribution is 2.36. The van der Waals surface area contributed by atoms with Gasteiger partial charge in [0, 0.05) is 38.1 Å². The van der Waals surface area contributed by atoms with Gasteiger partial charge in [-0.2, -0.15) is 5.26 Å². The lowest BCUT2D eigenvalue weighted by molar-refractivity contribution is -0.126. The number of ether oxygens (including phenoxy) is 1. The molecule has 2 amide bonds. The number of halogens is 1. The topological polar surface area (TPSA) is 95.3 Å². The summed E-state index contributed by atoms with van der Waals surface area (Å²) in [5, 5.41) is 12.6. The molecule has 2 aromatic carbocycles. The Morgan fingerprint density at radius 3 is 2.31 bits per heavy atom. The summed E-state index contributed by atoms with van der Waals surface area (Å²) >= 11 is 1.59. The molecule has 2 aliphatic carbocycles. The maximum absolute atomic E-state index is 13.1. The number of carbonyl (C=O) groups is 2. The number of carbonyl (C=O) groups excluding carboxylic acids is 2. The van der Waals surface area contributed by atoms with Crippen LogP contribution in [0.2, 0.25) is 0 Å². The fraction of sp³-hybridized carbons (Fsp3) is 0.455. The fourth-order valence-corrected chi connectivity index (χ4v) is 6.19. The van der Waals surface area contributed by atoms with E-state index in [1.54, 1.807) is 28.4 Å². The zero-order chi connectivity index (χ0) is 29.7. The maximum Gasteiger partial charge on any atom is 0.410 e. The molecule has 2 heterocycles. The molecule has 0 atom stereocenters. The molecule has 3 aromatic rings. The van der Waals surface area contributed by atoms with Crippen molar-refractivity contribution < 1.29 is 20.1 Å². The van der Waals surface area contributed by atoms with Crippen LogP contribution in [0.15, 0.2) is 54.7 Å². The van der Waals surface area contributed by atoms with Gasteiger partial charge < -0.3 is 15.0 Å². The number of likely N-dealkylation sites (tertiary alicyclic amines) is 1. The van der Waals surface area contributed by atoms with Gasteiger partial charge in [-0.05, 0) is 74.9 Å². The fourth-order valence-electron chi connectivity index (χ4n) is 5.26. The number of benzene rings is 2. The summed E-state index contributed by atoms with van der Waals surface area (Å²) in [4.78, 5) is 30.9. The molecular weight excluding hydrogens is 551 g/mol. The molecule has 1 aromatic heterocycles. The van der Waals surface area contributed by atoms with E-state index in [1.165, 1.54) is 24.1 Å². The molecule has 0 unspecified atom stereocenters. The van der Waals surface area contributed by atoms with Crippen LogP contribution in [0.1, 0.15) is 71.7 Å². The van der Waals surface area contributed by atoms with E-state index in [-0.39, 0.29) is 31.3 Å². The van der Waals surface area contributed by atoms with Crippen molar-refractivity contribution >= 4 is 23.3 Å². The Labute approximate surface area is 252 Å². The summed E-state index contributed by atoms with van der Waals surface area (Å²) in [7, 11) is 0. The number of rotatable bonds is 6. The molecule has 0 radical (unpaired) electrons. The van der Waals surface area contributed by atoms with Gasteiger partial charge in [0.1, 0.15) is 16.4 Å². The van der Waals surface area contributed by atoms with Crippen molar-refractivity contribution in [1.82, 2.24) is 15.2 Å². The van der Waals surface area contributed by atoms with Gasteiger partial charge in [-0.3, -0.25) is 4.79 Å². The Kier molecular flexibility index (Phi) is 9.22. The normalized spacial score (nSPS) is 17.8. The second kappa shape index (κ2) is 13.0. The van der Waals surface area contributed by atoms with Crippen LogP contribution in [-0.2, 0) is 9.53 Å². The number of aromatic nitrogens is 1. The average molecular weight is 591 g/mol. The zero-order valence-electron chi connectivity index (χ0n) is 24.1. The first-order valence-corrected chi connectivity index (χ1v) is 15.6. The number of nitrogens with one attached hydrogen (secondary N) is 1. The lowest BCUT2D eigenvalue weighted by Gasteiger charge is -2.39. The van der Waals surface area contributed by atoms with Gasteiger partial charge in [0.15, 0.2) is 0 Å². The van der Waals surface area contributed by atoms with Crippen LogP contribution >= 0.6 is 11.3 Å². The first-order valence-electron chi connectivity index (χ1n) is 14.8. The molecule has 1 saturated heterocycles. The van der Waals surface area contributed by atoms with Gasteiger partial charge in [0.25, 0.3) is 0 Å². The first-order chi connectivity index (χ1) is 20.2. The minimum Gasteiger partial charge on any atom is -0.447 e.